The summed E-state index contributed by atoms with van der Waals surface area (Å²) in [6.45, 7) is 12.3. The van der Waals surface area contributed by atoms with Crippen LogP contribution in [0.25, 0.3) is 31.6 Å². The van der Waals surface area contributed by atoms with Gasteiger partial charge in [-0.3, -0.25) is 9.59 Å². The third-order valence-corrected chi connectivity index (χ3v) is 10.9. The molecular formula is C36H34N4O2S2. The van der Waals surface area contributed by atoms with Gasteiger partial charge in [0.05, 0.1) is 11.4 Å². The first kappa shape index (κ1) is 29.7. The van der Waals surface area contributed by atoms with Gasteiger partial charge in [0.2, 0.25) is 11.6 Å². The Labute approximate surface area is 264 Å². The Hall–Kier alpha value is -4.40. The van der Waals surface area contributed by atoms with E-state index in [0.29, 0.717) is 32.3 Å². The highest BCUT2D eigenvalue weighted by molar-refractivity contribution is 7.21. The molecule has 222 valence electrons. The van der Waals surface area contributed by atoms with Crippen molar-refractivity contribution in [3.63, 3.8) is 0 Å². The van der Waals surface area contributed by atoms with E-state index in [9.17, 15) is 9.59 Å². The van der Waals surface area contributed by atoms with E-state index in [1.165, 1.54) is 33.8 Å². The third-order valence-electron chi connectivity index (χ3n) is 8.67. The number of aromatic nitrogens is 2. The van der Waals surface area contributed by atoms with E-state index in [-0.39, 0.29) is 11.6 Å². The second kappa shape index (κ2) is 11.3. The second-order valence-electron chi connectivity index (χ2n) is 11.2. The van der Waals surface area contributed by atoms with Crippen LogP contribution in [0.1, 0.15) is 78.0 Å². The largest absolute Gasteiger partial charge is 0.397 e. The predicted octanol–water partition coefficient (Wildman–Crippen LogP) is 8.56. The van der Waals surface area contributed by atoms with Crippen LogP contribution in [0.4, 0.5) is 11.4 Å². The van der Waals surface area contributed by atoms with Crippen molar-refractivity contribution in [2.45, 2.75) is 54.4 Å². The number of carbonyl (C=O) groups is 2. The molecule has 0 saturated heterocycles. The molecule has 0 amide bonds. The Morgan fingerprint density at radius 3 is 1.27 bits per heavy atom. The molecule has 0 fully saturated rings. The minimum Gasteiger partial charge on any atom is -0.397 e. The van der Waals surface area contributed by atoms with Crippen LogP contribution in [0.2, 0.25) is 0 Å². The number of pyridine rings is 2. The van der Waals surface area contributed by atoms with Gasteiger partial charge in [-0.1, -0.05) is 62.4 Å². The number of ketones is 2. The van der Waals surface area contributed by atoms with Gasteiger partial charge in [0.1, 0.15) is 19.4 Å². The van der Waals surface area contributed by atoms with E-state index in [2.05, 4.69) is 27.7 Å². The lowest BCUT2D eigenvalue weighted by Crippen LogP contribution is -2.03. The van der Waals surface area contributed by atoms with Gasteiger partial charge in [-0.05, 0) is 73.9 Å². The molecule has 8 heteroatoms. The number of carbonyl (C=O) groups excluding carboxylic acids is 2. The summed E-state index contributed by atoms with van der Waals surface area (Å²) in [5.74, 6) is -0.222. The Bertz CT molecular complexity index is 1970. The quantitative estimate of drug-likeness (QED) is 0.173. The van der Waals surface area contributed by atoms with Crippen molar-refractivity contribution in [3.8, 4) is 11.1 Å². The molecule has 0 saturated carbocycles. The number of fused-ring (bicyclic) bond motifs is 2. The molecule has 6 aromatic rings. The van der Waals surface area contributed by atoms with Gasteiger partial charge in [-0.15, -0.1) is 22.7 Å². The summed E-state index contributed by atoms with van der Waals surface area (Å²) < 4.78 is 0. The summed E-state index contributed by atoms with van der Waals surface area (Å²) in [6.07, 6.45) is 1.73. The van der Waals surface area contributed by atoms with Crippen molar-refractivity contribution in [3.05, 3.63) is 103 Å². The van der Waals surface area contributed by atoms with Crippen LogP contribution < -0.4 is 11.5 Å². The van der Waals surface area contributed by atoms with Gasteiger partial charge >= 0.3 is 0 Å². The monoisotopic (exact) mass is 618 g/mol. The number of hydrogen-bond donors (Lipinski definition) is 2. The van der Waals surface area contributed by atoms with Gasteiger partial charge in [0.15, 0.2) is 0 Å². The Kier molecular flexibility index (Phi) is 7.59. The van der Waals surface area contributed by atoms with Crippen LogP contribution in [0.3, 0.4) is 0 Å². The van der Waals surface area contributed by atoms with E-state index in [0.717, 1.165) is 66.9 Å². The first-order valence-electron chi connectivity index (χ1n) is 14.7. The molecule has 0 radical (unpaired) electrons. The minimum atomic E-state index is -0.111. The number of nitrogen functional groups attached to an aromatic ring is 2. The molecule has 44 heavy (non-hydrogen) atoms. The second-order valence-corrected chi connectivity index (χ2v) is 13.2. The molecule has 0 atom stereocenters. The fraction of sp³-hybridized carbons (Fsp3) is 0.222. The van der Waals surface area contributed by atoms with E-state index < -0.39 is 0 Å². The maximum absolute atomic E-state index is 13.5. The van der Waals surface area contributed by atoms with Gasteiger partial charge in [0, 0.05) is 33.3 Å². The first-order valence-corrected chi connectivity index (χ1v) is 16.3. The molecular weight excluding hydrogens is 585 g/mol. The van der Waals surface area contributed by atoms with Crippen LogP contribution in [0.5, 0.6) is 0 Å². The van der Waals surface area contributed by atoms with E-state index in [4.69, 9.17) is 21.4 Å². The Balaban J connectivity index is 1.25. The lowest BCUT2D eigenvalue weighted by Gasteiger charge is -2.08. The maximum Gasteiger partial charge on any atom is 0.205 e. The Morgan fingerprint density at radius 1 is 0.614 bits per heavy atom. The molecule has 4 aromatic heterocycles. The molecule has 0 spiro atoms. The number of aryl methyl sites for hydroxylation is 4. The van der Waals surface area contributed by atoms with Crippen molar-refractivity contribution in [2.24, 2.45) is 0 Å². The van der Waals surface area contributed by atoms with Crippen LogP contribution in [0, 0.1) is 27.7 Å². The lowest BCUT2D eigenvalue weighted by atomic mass is 9.98. The smallest absolute Gasteiger partial charge is 0.205 e. The van der Waals surface area contributed by atoms with Gasteiger partial charge in [0.25, 0.3) is 0 Å². The molecule has 0 aliphatic rings. The minimum absolute atomic E-state index is 0.111. The normalized spacial score (nSPS) is 11.5. The maximum atomic E-state index is 13.5. The number of nitrogens with zero attached hydrogens (tertiary/aromatic N) is 2. The molecule has 4 N–H and O–H groups in total. The van der Waals surface area contributed by atoms with E-state index >= 15 is 0 Å². The van der Waals surface area contributed by atoms with E-state index in [1.54, 1.807) is 0 Å². The Morgan fingerprint density at radius 2 is 0.955 bits per heavy atom. The van der Waals surface area contributed by atoms with E-state index in [1.807, 2.05) is 62.4 Å². The predicted molar refractivity (Wildman–Crippen MR) is 185 cm³/mol. The van der Waals surface area contributed by atoms with Gasteiger partial charge < -0.3 is 11.5 Å². The van der Waals surface area contributed by atoms with Crippen molar-refractivity contribution in [2.75, 3.05) is 11.5 Å². The zero-order valence-corrected chi connectivity index (χ0v) is 27.3. The van der Waals surface area contributed by atoms with Crippen molar-refractivity contribution in [1.82, 2.24) is 9.97 Å². The summed E-state index contributed by atoms with van der Waals surface area (Å²) >= 11 is 2.71. The van der Waals surface area contributed by atoms with Gasteiger partial charge in [-0.25, -0.2) is 9.97 Å². The van der Waals surface area contributed by atoms with Crippen LogP contribution in [-0.2, 0) is 12.8 Å². The molecule has 4 heterocycles. The van der Waals surface area contributed by atoms with Gasteiger partial charge in [-0.2, -0.15) is 0 Å². The lowest BCUT2D eigenvalue weighted by molar-refractivity contribution is 0.103. The van der Waals surface area contributed by atoms with Crippen molar-refractivity contribution in [1.29, 1.82) is 0 Å². The standard InChI is InChI=1S/C36H34N4O2S2/c1-7-25-17(3)27-29(37)33(43-35(27)39-19(25)5)31(41)23-13-9-21(10-14-23)22-11-15-24(16-12-22)32(42)34-30(38)28-18(4)26(8-2)20(6)40-36(28)44-34/h9-16H,7-8,37-38H2,1-6H3. The number of anilines is 2. The average molecular weight is 619 g/mol. The van der Waals surface area contributed by atoms with Crippen LogP contribution >= 0.6 is 22.7 Å². The van der Waals surface area contributed by atoms with Crippen molar-refractivity contribution < 1.29 is 9.59 Å². The number of thiophene rings is 2. The molecule has 6 rings (SSSR count). The topological polar surface area (TPSA) is 112 Å². The summed E-state index contributed by atoms with van der Waals surface area (Å²) in [7, 11) is 0. The number of benzene rings is 2. The summed E-state index contributed by atoms with van der Waals surface area (Å²) in [5.41, 5.74) is 23.6. The summed E-state index contributed by atoms with van der Waals surface area (Å²) in [6, 6.07) is 15.0. The highest BCUT2D eigenvalue weighted by atomic mass is 32.1. The number of hydrogen-bond acceptors (Lipinski definition) is 8. The highest BCUT2D eigenvalue weighted by Gasteiger charge is 2.23. The molecule has 0 bridgehead atoms. The third kappa shape index (κ3) is 4.69. The average Bonchev–Trinajstić information content (AvgIpc) is 3.52. The fourth-order valence-electron chi connectivity index (χ4n) is 6.30. The summed E-state index contributed by atoms with van der Waals surface area (Å²) in [4.78, 5) is 39.1. The SMILES string of the molecule is CCc1c(C)nc2sc(C(=O)c3ccc(-c4ccc(C(=O)c5sc6nc(C)c(CC)c(C)c6c5N)cc4)cc3)c(N)c2c1C. The zero-order chi connectivity index (χ0) is 31.4. The van der Waals surface area contributed by atoms with Crippen molar-refractivity contribution >= 4 is 66.0 Å². The number of nitrogens with two attached hydrogens (primary N) is 2. The number of rotatable bonds is 7. The highest BCUT2D eigenvalue weighted by Crippen LogP contribution is 2.39. The zero-order valence-electron chi connectivity index (χ0n) is 25.7. The first-order chi connectivity index (χ1) is 21.0. The van der Waals surface area contributed by atoms with Crippen LogP contribution in [0.15, 0.2) is 48.5 Å². The molecule has 0 aliphatic heterocycles. The molecule has 0 aliphatic carbocycles. The molecule has 0 unspecified atom stereocenters. The molecule has 6 nitrogen and oxygen atoms in total. The van der Waals surface area contributed by atoms with Crippen LogP contribution in [-0.4, -0.2) is 21.5 Å². The summed E-state index contributed by atoms with van der Waals surface area (Å²) in [5, 5.41) is 1.77. The fourth-order valence-corrected chi connectivity index (χ4v) is 8.63. The molecule has 2 aromatic carbocycles.